The van der Waals surface area contributed by atoms with Gasteiger partial charge in [-0.2, -0.15) is 13.2 Å². The first-order valence-corrected chi connectivity index (χ1v) is 7.56. The number of thiazole rings is 1. The van der Waals surface area contributed by atoms with Crippen molar-refractivity contribution in [1.29, 1.82) is 0 Å². The van der Waals surface area contributed by atoms with Crippen molar-refractivity contribution in [3.63, 3.8) is 0 Å². The molecule has 0 spiro atoms. The standard InChI is InChI=1S/C13H15F3N4OS/c1-3-8(12-20-9(6-22-12)13(14,15)16)19-10-5-11(21-4-2)18-7-17-10/h5-8H,3-4H2,1-2H3,(H,17,18,19). The van der Waals surface area contributed by atoms with E-state index in [1.807, 2.05) is 13.8 Å². The summed E-state index contributed by atoms with van der Waals surface area (Å²) in [7, 11) is 0. The predicted molar refractivity (Wildman–Crippen MR) is 77.0 cm³/mol. The van der Waals surface area contributed by atoms with E-state index in [1.54, 1.807) is 6.07 Å². The molecule has 0 amide bonds. The van der Waals surface area contributed by atoms with Crippen LogP contribution in [0.15, 0.2) is 17.8 Å². The lowest BCUT2D eigenvalue weighted by Crippen LogP contribution is -2.12. The smallest absolute Gasteiger partial charge is 0.434 e. The third kappa shape index (κ3) is 4.06. The summed E-state index contributed by atoms with van der Waals surface area (Å²) in [5.41, 5.74) is -0.870. The lowest BCUT2D eigenvalue weighted by atomic mass is 10.2. The highest BCUT2D eigenvalue weighted by Crippen LogP contribution is 2.33. The highest BCUT2D eigenvalue weighted by atomic mass is 32.1. The van der Waals surface area contributed by atoms with E-state index in [9.17, 15) is 13.2 Å². The van der Waals surface area contributed by atoms with Gasteiger partial charge in [0, 0.05) is 11.4 Å². The number of aromatic nitrogens is 3. The van der Waals surface area contributed by atoms with Gasteiger partial charge in [-0.3, -0.25) is 0 Å². The van der Waals surface area contributed by atoms with E-state index >= 15 is 0 Å². The zero-order valence-electron chi connectivity index (χ0n) is 12.0. The molecule has 0 bridgehead atoms. The second-order valence-electron chi connectivity index (χ2n) is 4.35. The Hall–Kier alpha value is -1.90. The molecular formula is C13H15F3N4OS. The van der Waals surface area contributed by atoms with Crippen LogP contribution in [0.25, 0.3) is 0 Å². The van der Waals surface area contributed by atoms with Gasteiger partial charge in [0.25, 0.3) is 0 Å². The molecule has 2 rings (SSSR count). The Balaban J connectivity index is 2.15. The normalized spacial score (nSPS) is 13.0. The van der Waals surface area contributed by atoms with E-state index in [4.69, 9.17) is 4.74 Å². The zero-order valence-corrected chi connectivity index (χ0v) is 12.8. The van der Waals surface area contributed by atoms with Crippen molar-refractivity contribution < 1.29 is 17.9 Å². The topological polar surface area (TPSA) is 59.9 Å². The third-order valence-corrected chi connectivity index (χ3v) is 3.73. The third-order valence-electron chi connectivity index (χ3n) is 2.78. The number of nitrogens with one attached hydrogen (secondary N) is 1. The Labute approximate surface area is 129 Å². The van der Waals surface area contributed by atoms with Gasteiger partial charge in [0.1, 0.15) is 17.2 Å². The van der Waals surface area contributed by atoms with Crippen LogP contribution in [0.1, 0.15) is 37.0 Å². The van der Waals surface area contributed by atoms with Crippen molar-refractivity contribution >= 4 is 17.2 Å². The van der Waals surface area contributed by atoms with E-state index in [0.717, 1.165) is 16.7 Å². The van der Waals surface area contributed by atoms with Crippen molar-refractivity contribution in [2.45, 2.75) is 32.5 Å². The fraction of sp³-hybridized carbons (Fsp3) is 0.462. The minimum Gasteiger partial charge on any atom is -0.478 e. The first-order valence-electron chi connectivity index (χ1n) is 6.68. The summed E-state index contributed by atoms with van der Waals surface area (Å²) in [6.07, 6.45) is -2.52. The molecular weight excluding hydrogens is 317 g/mol. The maximum atomic E-state index is 12.6. The molecule has 1 atom stereocenters. The Kier molecular flexibility index (Phi) is 5.17. The number of nitrogens with zero attached hydrogens (tertiary/aromatic N) is 3. The van der Waals surface area contributed by atoms with Gasteiger partial charge in [-0.05, 0) is 13.3 Å². The fourth-order valence-electron chi connectivity index (χ4n) is 1.74. The lowest BCUT2D eigenvalue weighted by molar-refractivity contribution is -0.140. The molecule has 120 valence electrons. The highest BCUT2D eigenvalue weighted by molar-refractivity contribution is 7.09. The van der Waals surface area contributed by atoms with Crippen LogP contribution >= 0.6 is 11.3 Å². The average molecular weight is 332 g/mol. The van der Waals surface area contributed by atoms with Gasteiger partial charge in [0.05, 0.1) is 12.6 Å². The number of halogens is 3. The molecule has 2 heterocycles. The molecule has 5 nitrogen and oxygen atoms in total. The second kappa shape index (κ2) is 6.91. The summed E-state index contributed by atoms with van der Waals surface area (Å²) in [6, 6.07) is 1.25. The maximum absolute atomic E-state index is 12.6. The van der Waals surface area contributed by atoms with Crippen LogP contribution in [0.2, 0.25) is 0 Å². The summed E-state index contributed by atoms with van der Waals surface area (Å²) in [5.74, 6) is 0.888. The van der Waals surface area contributed by atoms with Gasteiger partial charge in [-0.25, -0.2) is 15.0 Å². The molecule has 0 saturated carbocycles. The molecule has 0 aromatic carbocycles. The summed E-state index contributed by atoms with van der Waals surface area (Å²) in [4.78, 5) is 11.6. The van der Waals surface area contributed by atoms with E-state index < -0.39 is 11.9 Å². The van der Waals surface area contributed by atoms with E-state index in [2.05, 4.69) is 20.3 Å². The SMILES string of the molecule is CCOc1cc(NC(CC)c2nc(C(F)(F)F)cs2)ncn1. The number of ether oxygens (including phenoxy) is 1. The number of rotatable bonds is 6. The Bertz CT molecular complexity index is 617. The van der Waals surface area contributed by atoms with Crippen molar-refractivity contribution in [1.82, 2.24) is 15.0 Å². The summed E-state index contributed by atoms with van der Waals surface area (Å²) in [5, 5.41) is 4.44. The minimum absolute atomic E-state index is 0.356. The molecule has 22 heavy (non-hydrogen) atoms. The Morgan fingerprint density at radius 3 is 2.68 bits per heavy atom. The van der Waals surface area contributed by atoms with Crippen LogP contribution in [-0.2, 0) is 6.18 Å². The first kappa shape index (κ1) is 16.5. The van der Waals surface area contributed by atoms with Gasteiger partial charge >= 0.3 is 6.18 Å². The monoisotopic (exact) mass is 332 g/mol. The van der Waals surface area contributed by atoms with Crippen LogP contribution in [0.3, 0.4) is 0 Å². The van der Waals surface area contributed by atoms with Crippen LogP contribution in [0.4, 0.5) is 19.0 Å². The van der Waals surface area contributed by atoms with Crippen molar-refractivity contribution in [2.75, 3.05) is 11.9 Å². The van der Waals surface area contributed by atoms with Crippen LogP contribution in [0, 0.1) is 0 Å². The lowest BCUT2D eigenvalue weighted by Gasteiger charge is -2.15. The number of anilines is 1. The first-order chi connectivity index (χ1) is 10.4. The maximum Gasteiger partial charge on any atom is 0.434 e. The molecule has 2 aromatic heterocycles. The number of alkyl halides is 3. The summed E-state index contributed by atoms with van der Waals surface area (Å²) in [6.45, 7) is 4.16. The molecule has 1 unspecified atom stereocenters. The van der Waals surface area contributed by atoms with Crippen molar-refractivity contribution in [3.8, 4) is 5.88 Å². The van der Waals surface area contributed by atoms with Crippen LogP contribution in [0.5, 0.6) is 5.88 Å². The molecule has 0 saturated heterocycles. The fourth-order valence-corrected chi connectivity index (χ4v) is 2.70. The Morgan fingerprint density at radius 1 is 1.32 bits per heavy atom. The Morgan fingerprint density at radius 2 is 2.09 bits per heavy atom. The molecule has 0 aliphatic carbocycles. The van der Waals surface area contributed by atoms with Gasteiger partial charge in [0.2, 0.25) is 5.88 Å². The quantitative estimate of drug-likeness (QED) is 0.869. The predicted octanol–water partition coefficient (Wildman–Crippen LogP) is 3.91. The summed E-state index contributed by atoms with van der Waals surface area (Å²) < 4.78 is 43.1. The molecule has 0 aliphatic rings. The molecule has 1 N–H and O–H groups in total. The molecule has 0 fully saturated rings. The molecule has 0 aliphatic heterocycles. The number of hydrogen-bond donors (Lipinski definition) is 1. The summed E-state index contributed by atoms with van der Waals surface area (Å²) >= 11 is 0.975. The molecule has 9 heteroatoms. The second-order valence-corrected chi connectivity index (χ2v) is 5.24. The number of hydrogen-bond acceptors (Lipinski definition) is 6. The van der Waals surface area contributed by atoms with Crippen LogP contribution < -0.4 is 10.1 Å². The van der Waals surface area contributed by atoms with Crippen molar-refractivity contribution in [2.24, 2.45) is 0 Å². The zero-order chi connectivity index (χ0) is 16.2. The minimum atomic E-state index is -4.43. The van der Waals surface area contributed by atoms with Gasteiger partial charge in [0.15, 0.2) is 5.69 Å². The van der Waals surface area contributed by atoms with Crippen molar-refractivity contribution in [3.05, 3.63) is 28.5 Å². The van der Waals surface area contributed by atoms with Crippen LogP contribution in [-0.4, -0.2) is 21.6 Å². The molecule has 2 aromatic rings. The van der Waals surface area contributed by atoms with E-state index in [1.165, 1.54) is 6.33 Å². The van der Waals surface area contributed by atoms with E-state index in [0.29, 0.717) is 29.7 Å². The van der Waals surface area contributed by atoms with E-state index in [-0.39, 0.29) is 6.04 Å². The van der Waals surface area contributed by atoms with Gasteiger partial charge in [-0.1, -0.05) is 6.92 Å². The highest BCUT2D eigenvalue weighted by Gasteiger charge is 2.34. The largest absolute Gasteiger partial charge is 0.478 e. The average Bonchev–Trinajstić information content (AvgIpc) is 2.95. The van der Waals surface area contributed by atoms with Gasteiger partial charge < -0.3 is 10.1 Å². The molecule has 0 radical (unpaired) electrons. The van der Waals surface area contributed by atoms with Gasteiger partial charge in [-0.15, -0.1) is 11.3 Å².